The number of nitrogens with zero attached hydrogens (tertiary/aromatic N) is 3. The summed E-state index contributed by atoms with van der Waals surface area (Å²) in [5, 5.41) is 0. The third-order valence-corrected chi connectivity index (χ3v) is 9.80. The van der Waals surface area contributed by atoms with Crippen molar-refractivity contribution < 1.29 is 4.79 Å². The molecule has 2 unspecified atom stereocenters. The highest BCUT2D eigenvalue weighted by Crippen LogP contribution is 2.93. The SMILES string of the molecule is O=C(CN1CCN(CCC23CC4CC5CC(C2)C543)CC1)N1CCCCC1. The maximum Gasteiger partial charge on any atom is 0.236 e. The van der Waals surface area contributed by atoms with Crippen molar-refractivity contribution in [1.29, 1.82) is 0 Å². The first kappa shape index (κ1) is 16.4. The van der Waals surface area contributed by atoms with E-state index in [4.69, 9.17) is 0 Å². The van der Waals surface area contributed by atoms with Gasteiger partial charge in [0.1, 0.15) is 0 Å². The summed E-state index contributed by atoms with van der Waals surface area (Å²) in [6, 6.07) is 0. The minimum absolute atomic E-state index is 0.373. The molecule has 6 aliphatic rings. The van der Waals surface area contributed by atoms with Crippen LogP contribution in [0, 0.1) is 28.6 Å². The fourth-order valence-corrected chi connectivity index (χ4v) is 8.56. The molecule has 2 saturated heterocycles. The molecule has 1 amide bonds. The third-order valence-electron chi connectivity index (χ3n) is 9.80. The molecule has 6 rings (SSSR count). The molecule has 2 heterocycles. The van der Waals surface area contributed by atoms with Crippen LogP contribution in [-0.2, 0) is 4.79 Å². The molecule has 2 atom stereocenters. The molecule has 0 aromatic heterocycles. The van der Waals surface area contributed by atoms with E-state index in [1.54, 1.807) is 25.7 Å². The molecule has 4 aliphatic carbocycles. The first-order valence-electron chi connectivity index (χ1n) is 11.4. The second-order valence-electron chi connectivity index (χ2n) is 10.5. The van der Waals surface area contributed by atoms with Crippen molar-refractivity contribution in [2.24, 2.45) is 28.6 Å². The predicted octanol–water partition coefficient (Wildman–Crippen LogP) is 2.44. The summed E-state index contributed by atoms with van der Waals surface area (Å²) in [6.45, 7) is 8.49. The van der Waals surface area contributed by atoms with Gasteiger partial charge in [0, 0.05) is 39.3 Å². The monoisotopic (exact) mass is 357 g/mol. The lowest BCUT2D eigenvalue weighted by molar-refractivity contribution is -0.433. The van der Waals surface area contributed by atoms with Crippen LogP contribution in [0.25, 0.3) is 0 Å². The first-order valence-corrected chi connectivity index (χ1v) is 11.4. The summed E-state index contributed by atoms with van der Waals surface area (Å²) in [5.74, 6) is 3.83. The fourth-order valence-electron chi connectivity index (χ4n) is 8.56. The second-order valence-corrected chi connectivity index (χ2v) is 10.5. The summed E-state index contributed by atoms with van der Waals surface area (Å²) in [5.41, 5.74) is 1.69. The van der Waals surface area contributed by atoms with Gasteiger partial charge in [-0.25, -0.2) is 0 Å². The van der Waals surface area contributed by atoms with Crippen LogP contribution in [0.1, 0.15) is 51.4 Å². The Morgan fingerprint density at radius 2 is 1.46 bits per heavy atom. The Balaban J connectivity index is 0.954. The molecular weight excluding hydrogens is 322 g/mol. The second kappa shape index (κ2) is 5.70. The Morgan fingerprint density at radius 3 is 2.08 bits per heavy atom. The maximum absolute atomic E-state index is 12.5. The van der Waals surface area contributed by atoms with Crippen LogP contribution < -0.4 is 0 Å². The molecule has 4 nitrogen and oxygen atoms in total. The molecule has 6 fully saturated rings. The quantitative estimate of drug-likeness (QED) is 0.756. The molecule has 0 aromatic carbocycles. The normalized spacial score (nSPS) is 46.9. The topological polar surface area (TPSA) is 26.8 Å². The predicted molar refractivity (Wildman–Crippen MR) is 102 cm³/mol. The van der Waals surface area contributed by atoms with Gasteiger partial charge in [-0.15, -0.1) is 0 Å². The Morgan fingerprint density at radius 1 is 0.808 bits per heavy atom. The number of piperidine rings is 1. The van der Waals surface area contributed by atoms with Crippen LogP contribution in [0.2, 0.25) is 0 Å². The van der Waals surface area contributed by atoms with Gasteiger partial charge in [-0.2, -0.15) is 0 Å². The molecule has 26 heavy (non-hydrogen) atoms. The van der Waals surface area contributed by atoms with Gasteiger partial charge in [0.05, 0.1) is 6.54 Å². The van der Waals surface area contributed by atoms with Crippen molar-refractivity contribution >= 4 is 5.91 Å². The molecule has 4 heteroatoms. The lowest BCUT2D eigenvalue weighted by Gasteiger charge is -2.92. The summed E-state index contributed by atoms with van der Waals surface area (Å²) >= 11 is 0. The summed E-state index contributed by atoms with van der Waals surface area (Å²) < 4.78 is 0. The van der Waals surface area contributed by atoms with Gasteiger partial charge < -0.3 is 9.80 Å². The van der Waals surface area contributed by atoms with Crippen LogP contribution in [0.3, 0.4) is 0 Å². The standard InChI is InChI=1S/C22H35N3O/c26-20(25-5-2-1-3-6-25)16-24-10-8-23(9-11-24)7-4-21-14-18-12-17-13-19(15-21)22(17,18)21/h17-19H,1-16H2. The maximum atomic E-state index is 12.5. The molecule has 4 saturated carbocycles. The van der Waals surface area contributed by atoms with Crippen LogP contribution in [0.5, 0.6) is 0 Å². The van der Waals surface area contributed by atoms with E-state index in [0.29, 0.717) is 12.5 Å². The van der Waals surface area contributed by atoms with E-state index < -0.39 is 0 Å². The van der Waals surface area contributed by atoms with Crippen molar-refractivity contribution in [3.8, 4) is 0 Å². The van der Waals surface area contributed by atoms with Crippen molar-refractivity contribution in [3.05, 3.63) is 0 Å². The molecule has 1 spiro atoms. The molecule has 0 radical (unpaired) electrons. The lowest BCUT2D eigenvalue weighted by Crippen LogP contribution is -2.85. The molecule has 2 aliphatic heterocycles. The van der Waals surface area contributed by atoms with Gasteiger partial charge in [0.15, 0.2) is 0 Å². The van der Waals surface area contributed by atoms with Crippen molar-refractivity contribution in [3.63, 3.8) is 0 Å². The van der Waals surface area contributed by atoms with Gasteiger partial charge in [-0.3, -0.25) is 9.69 Å². The molecule has 0 bridgehead atoms. The van der Waals surface area contributed by atoms with E-state index in [9.17, 15) is 4.79 Å². The molecule has 0 aromatic rings. The minimum Gasteiger partial charge on any atom is -0.342 e. The number of amides is 1. The largest absolute Gasteiger partial charge is 0.342 e. The summed E-state index contributed by atoms with van der Waals surface area (Å²) in [7, 11) is 0. The number of likely N-dealkylation sites (tertiary alicyclic amines) is 1. The molecular formula is C22H35N3O. The van der Waals surface area contributed by atoms with Gasteiger partial charge in [0.2, 0.25) is 5.91 Å². The third kappa shape index (κ3) is 2.01. The van der Waals surface area contributed by atoms with Gasteiger partial charge in [-0.05, 0) is 86.5 Å². The average molecular weight is 358 g/mol. The Hall–Kier alpha value is -0.610. The van der Waals surface area contributed by atoms with Crippen LogP contribution in [0.15, 0.2) is 0 Å². The highest BCUT2D eigenvalue weighted by atomic mass is 16.2. The smallest absolute Gasteiger partial charge is 0.236 e. The Kier molecular flexibility index (Phi) is 3.58. The average Bonchev–Trinajstić information content (AvgIpc) is 2.61. The number of hydrogen-bond donors (Lipinski definition) is 0. The zero-order valence-corrected chi connectivity index (χ0v) is 16.3. The zero-order valence-electron chi connectivity index (χ0n) is 16.3. The van der Waals surface area contributed by atoms with E-state index in [1.165, 1.54) is 45.3 Å². The van der Waals surface area contributed by atoms with Crippen LogP contribution in [0.4, 0.5) is 0 Å². The van der Waals surface area contributed by atoms with Crippen molar-refractivity contribution in [2.75, 3.05) is 52.4 Å². The number of carbonyl (C=O) groups is 1. The number of hydrogen-bond acceptors (Lipinski definition) is 3. The fraction of sp³-hybridized carbons (Fsp3) is 0.955. The minimum atomic E-state index is 0.373. The molecule has 144 valence electrons. The summed E-state index contributed by atoms with van der Waals surface area (Å²) in [6.07, 6.45) is 11.5. The number of rotatable bonds is 5. The van der Waals surface area contributed by atoms with Crippen molar-refractivity contribution in [2.45, 2.75) is 51.4 Å². The van der Waals surface area contributed by atoms with E-state index in [-0.39, 0.29) is 0 Å². The summed E-state index contributed by atoms with van der Waals surface area (Å²) in [4.78, 5) is 19.7. The van der Waals surface area contributed by atoms with E-state index >= 15 is 0 Å². The van der Waals surface area contributed by atoms with Gasteiger partial charge in [-0.1, -0.05) is 0 Å². The lowest BCUT2D eigenvalue weighted by atomic mass is 9.13. The first-order chi connectivity index (χ1) is 12.7. The van der Waals surface area contributed by atoms with Crippen LogP contribution in [-0.4, -0.2) is 73.0 Å². The van der Waals surface area contributed by atoms with E-state index in [0.717, 1.165) is 54.8 Å². The highest BCUT2D eigenvalue weighted by molar-refractivity contribution is 5.78. The van der Waals surface area contributed by atoms with Gasteiger partial charge in [0.25, 0.3) is 0 Å². The zero-order chi connectivity index (χ0) is 17.4. The van der Waals surface area contributed by atoms with Crippen molar-refractivity contribution in [1.82, 2.24) is 14.7 Å². The van der Waals surface area contributed by atoms with Gasteiger partial charge >= 0.3 is 0 Å². The Bertz CT molecular complexity index is 565. The number of piperazine rings is 1. The highest BCUT2D eigenvalue weighted by Gasteiger charge is 2.86. The van der Waals surface area contributed by atoms with Crippen LogP contribution >= 0.6 is 0 Å². The Labute approximate surface area is 158 Å². The molecule has 0 N–H and O–H groups in total. The van der Waals surface area contributed by atoms with E-state index in [2.05, 4.69) is 14.7 Å². The number of carbonyl (C=O) groups excluding carboxylic acids is 1. The van der Waals surface area contributed by atoms with E-state index in [1.807, 2.05) is 0 Å².